The van der Waals surface area contributed by atoms with Gasteiger partial charge >= 0.3 is 5.97 Å². The molecule has 30 heavy (non-hydrogen) atoms. The number of nitrogens with zero attached hydrogens (tertiary/aromatic N) is 2. The smallest absolute Gasteiger partial charge is 0.306 e. The fourth-order valence-electron chi connectivity index (χ4n) is 3.52. The molecule has 0 bridgehead atoms. The van der Waals surface area contributed by atoms with Crippen molar-refractivity contribution in [3.05, 3.63) is 0 Å². The molecule has 0 radical (unpaired) electrons. The van der Waals surface area contributed by atoms with Gasteiger partial charge in [0.1, 0.15) is 0 Å². The van der Waals surface area contributed by atoms with Crippen molar-refractivity contribution in [1.82, 2.24) is 9.80 Å². The van der Waals surface area contributed by atoms with Crippen LogP contribution in [0.25, 0.3) is 0 Å². The lowest BCUT2D eigenvalue weighted by atomic mass is 9.97. The van der Waals surface area contributed by atoms with Crippen molar-refractivity contribution in [3.63, 3.8) is 0 Å². The Hall–Kier alpha value is -1.59. The van der Waals surface area contributed by atoms with E-state index in [0.717, 1.165) is 38.8 Å². The SMILES string of the molecule is CCCCCCCN(C)C(=O)CCC(CCC(=O)N(C)CCCCCCC)C(=O)O. The number of amides is 2. The fraction of sp³-hybridized carbons (Fsp3) is 0.875. The molecule has 0 unspecified atom stereocenters. The molecule has 176 valence electrons. The predicted molar refractivity (Wildman–Crippen MR) is 122 cm³/mol. The number of carbonyl (C=O) groups is 3. The van der Waals surface area contributed by atoms with Gasteiger partial charge in [-0.1, -0.05) is 65.2 Å². The molecule has 6 nitrogen and oxygen atoms in total. The molecule has 1 N–H and O–H groups in total. The fourth-order valence-corrected chi connectivity index (χ4v) is 3.52. The Morgan fingerprint density at radius 1 is 0.667 bits per heavy atom. The van der Waals surface area contributed by atoms with E-state index in [0.29, 0.717) is 12.8 Å². The number of rotatable bonds is 19. The summed E-state index contributed by atoms with van der Waals surface area (Å²) in [6.45, 7) is 5.80. The highest BCUT2D eigenvalue weighted by Gasteiger charge is 2.22. The predicted octanol–water partition coefficient (Wildman–Crippen LogP) is 5.11. The van der Waals surface area contributed by atoms with Gasteiger partial charge in [-0.3, -0.25) is 14.4 Å². The highest BCUT2D eigenvalue weighted by Crippen LogP contribution is 2.16. The van der Waals surface area contributed by atoms with E-state index in [1.165, 1.54) is 38.5 Å². The van der Waals surface area contributed by atoms with Crippen LogP contribution in [0, 0.1) is 5.92 Å². The summed E-state index contributed by atoms with van der Waals surface area (Å²) >= 11 is 0. The van der Waals surface area contributed by atoms with Gasteiger partial charge in [-0.2, -0.15) is 0 Å². The molecule has 0 aromatic heterocycles. The Bertz CT molecular complexity index is 446. The van der Waals surface area contributed by atoms with Gasteiger partial charge in [0.15, 0.2) is 0 Å². The van der Waals surface area contributed by atoms with Gasteiger partial charge in [-0.05, 0) is 25.7 Å². The van der Waals surface area contributed by atoms with Crippen LogP contribution >= 0.6 is 0 Å². The molecule has 0 aliphatic heterocycles. The Morgan fingerprint density at radius 2 is 1.03 bits per heavy atom. The minimum Gasteiger partial charge on any atom is -0.481 e. The maximum absolute atomic E-state index is 12.3. The summed E-state index contributed by atoms with van der Waals surface area (Å²) in [5.41, 5.74) is 0. The number of unbranched alkanes of at least 4 members (excludes halogenated alkanes) is 8. The second-order valence-corrected chi connectivity index (χ2v) is 8.57. The van der Waals surface area contributed by atoms with Crippen LogP contribution in [-0.4, -0.2) is 59.9 Å². The molecule has 0 saturated carbocycles. The van der Waals surface area contributed by atoms with Gasteiger partial charge < -0.3 is 14.9 Å². The molecule has 0 fully saturated rings. The Kier molecular flexibility index (Phi) is 17.2. The second-order valence-electron chi connectivity index (χ2n) is 8.57. The third-order valence-electron chi connectivity index (χ3n) is 5.81. The maximum atomic E-state index is 12.3. The lowest BCUT2D eigenvalue weighted by molar-refractivity contribution is -0.142. The molecular formula is C24H46N2O4. The number of carbonyl (C=O) groups excluding carboxylic acids is 2. The van der Waals surface area contributed by atoms with Crippen LogP contribution in [0.1, 0.15) is 104 Å². The van der Waals surface area contributed by atoms with Crippen LogP contribution in [0.15, 0.2) is 0 Å². The first kappa shape index (κ1) is 28.4. The van der Waals surface area contributed by atoms with Crippen molar-refractivity contribution < 1.29 is 19.5 Å². The first-order valence-electron chi connectivity index (χ1n) is 12.0. The summed E-state index contributed by atoms with van der Waals surface area (Å²) in [6.07, 6.45) is 12.5. The summed E-state index contributed by atoms with van der Waals surface area (Å²) in [7, 11) is 3.58. The van der Waals surface area contributed by atoms with E-state index in [1.807, 2.05) is 0 Å². The summed E-state index contributed by atoms with van der Waals surface area (Å²) in [5, 5.41) is 9.47. The third kappa shape index (κ3) is 14.4. The van der Waals surface area contributed by atoms with Gasteiger partial charge in [0.2, 0.25) is 11.8 Å². The van der Waals surface area contributed by atoms with E-state index < -0.39 is 11.9 Å². The first-order valence-corrected chi connectivity index (χ1v) is 12.0. The van der Waals surface area contributed by atoms with Gasteiger partial charge in [-0.15, -0.1) is 0 Å². The van der Waals surface area contributed by atoms with Crippen LogP contribution in [0.3, 0.4) is 0 Å². The van der Waals surface area contributed by atoms with Gasteiger partial charge in [-0.25, -0.2) is 0 Å². The Labute approximate surface area is 184 Å². The number of hydrogen-bond acceptors (Lipinski definition) is 3. The van der Waals surface area contributed by atoms with Gasteiger partial charge in [0.25, 0.3) is 0 Å². The third-order valence-corrected chi connectivity index (χ3v) is 5.81. The van der Waals surface area contributed by atoms with Crippen molar-refractivity contribution >= 4 is 17.8 Å². The molecule has 0 saturated heterocycles. The molecule has 2 amide bonds. The number of carboxylic acids is 1. The zero-order chi connectivity index (χ0) is 22.8. The molecule has 0 rings (SSSR count). The van der Waals surface area contributed by atoms with Crippen LogP contribution in [0.4, 0.5) is 0 Å². The quantitative estimate of drug-likeness (QED) is 0.291. The average molecular weight is 427 g/mol. The van der Waals surface area contributed by atoms with Crippen LogP contribution in [0.5, 0.6) is 0 Å². The van der Waals surface area contributed by atoms with E-state index in [2.05, 4.69) is 13.8 Å². The van der Waals surface area contributed by atoms with Crippen LogP contribution < -0.4 is 0 Å². The maximum Gasteiger partial charge on any atom is 0.306 e. The van der Waals surface area contributed by atoms with Crippen molar-refractivity contribution in [2.45, 2.75) is 104 Å². The monoisotopic (exact) mass is 426 g/mol. The molecule has 0 heterocycles. The lowest BCUT2D eigenvalue weighted by Crippen LogP contribution is -2.30. The normalized spacial score (nSPS) is 11.0. The molecule has 0 aliphatic carbocycles. The zero-order valence-corrected chi connectivity index (χ0v) is 20.0. The Balaban J connectivity index is 4.17. The molecular weight excluding hydrogens is 380 g/mol. The van der Waals surface area contributed by atoms with Crippen molar-refractivity contribution in [2.75, 3.05) is 27.2 Å². The molecule has 0 aromatic carbocycles. The van der Waals surface area contributed by atoms with E-state index in [9.17, 15) is 19.5 Å². The standard InChI is InChI=1S/C24H46N2O4/c1-5-7-9-11-13-19-25(3)22(27)17-15-21(24(29)30)16-18-23(28)26(4)20-14-12-10-8-6-2/h21H,5-20H2,1-4H3,(H,29,30). The molecule has 0 aliphatic rings. The highest BCUT2D eigenvalue weighted by atomic mass is 16.4. The van der Waals surface area contributed by atoms with E-state index in [-0.39, 0.29) is 24.7 Å². The van der Waals surface area contributed by atoms with Gasteiger partial charge in [0, 0.05) is 40.0 Å². The zero-order valence-electron chi connectivity index (χ0n) is 20.0. The summed E-state index contributed by atoms with van der Waals surface area (Å²) in [6, 6.07) is 0. The van der Waals surface area contributed by atoms with Crippen LogP contribution in [-0.2, 0) is 14.4 Å². The molecule has 0 atom stereocenters. The number of hydrogen-bond donors (Lipinski definition) is 1. The lowest BCUT2D eigenvalue weighted by Gasteiger charge is -2.20. The van der Waals surface area contributed by atoms with E-state index in [1.54, 1.807) is 23.9 Å². The second kappa shape index (κ2) is 18.2. The van der Waals surface area contributed by atoms with Crippen molar-refractivity contribution in [3.8, 4) is 0 Å². The van der Waals surface area contributed by atoms with E-state index >= 15 is 0 Å². The topological polar surface area (TPSA) is 77.9 Å². The van der Waals surface area contributed by atoms with E-state index in [4.69, 9.17) is 0 Å². The summed E-state index contributed by atoms with van der Waals surface area (Å²) in [4.78, 5) is 39.6. The summed E-state index contributed by atoms with van der Waals surface area (Å²) in [5.74, 6) is -1.58. The largest absolute Gasteiger partial charge is 0.481 e. The summed E-state index contributed by atoms with van der Waals surface area (Å²) < 4.78 is 0. The minimum atomic E-state index is -0.917. The molecule has 0 aromatic rings. The molecule has 0 spiro atoms. The van der Waals surface area contributed by atoms with Crippen molar-refractivity contribution in [1.29, 1.82) is 0 Å². The number of carboxylic acid groups (broad SMARTS) is 1. The minimum absolute atomic E-state index is 0.00716. The number of aliphatic carboxylic acids is 1. The van der Waals surface area contributed by atoms with Crippen LogP contribution in [0.2, 0.25) is 0 Å². The highest BCUT2D eigenvalue weighted by molar-refractivity contribution is 5.78. The first-order chi connectivity index (χ1) is 14.3. The molecule has 6 heteroatoms. The van der Waals surface area contributed by atoms with Crippen molar-refractivity contribution in [2.24, 2.45) is 5.92 Å². The Morgan fingerprint density at radius 3 is 1.37 bits per heavy atom. The van der Waals surface area contributed by atoms with Gasteiger partial charge in [0.05, 0.1) is 5.92 Å². The average Bonchev–Trinajstić information content (AvgIpc) is 2.72.